The number of aromatic nitrogens is 4. The Kier molecular flexibility index (Phi) is 2.60. The largest absolute Gasteiger partial charge is 0.711 e. The van der Waals surface area contributed by atoms with Crippen molar-refractivity contribution in [3.05, 3.63) is 24.1 Å². The Bertz CT molecular complexity index is 575. The van der Waals surface area contributed by atoms with Crippen LogP contribution in [0.15, 0.2) is 18.9 Å². The first-order valence-electron chi connectivity index (χ1n) is 5.51. The molecule has 3 unspecified atom stereocenters. The summed E-state index contributed by atoms with van der Waals surface area (Å²) in [5.74, 6) is 0. The van der Waals surface area contributed by atoms with Gasteiger partial charge in [0.15, 0.2) is 11.7 Å². The van der Waals surface area contributed by atoms with Crippen molar-refractivity contribution in [3.8, 4) is 0 Å². The predicted molar refractivity (Wildman–Crippen MR) is 57.0 cm³/mol. The molecule has 1 aliphatic rings. The number of aliphatic hydroxyl groups is 1. The summed E-state index contributed by atoms with van der Waals surface area (Å²) in [7, 11) is 0. The SMILES string of the molecule is [O-][n+]1cnc2c(c1)ncn2C1OC(CO)CC1F. The molecule has 3 heterocycles. The fourth-order valence-electron chi connectivity index (χ4n) is 2.11. The third kappa shape index (κ3) is 1.70. The molecular weight excluding hydrogens is 243 g/mol. The van der Waals surface area contributed by atoms with E-state index in [9.17, 15) is 9.60 Å². The molecular formula is C10H11FN4O3. The molecule has 1 saturated heterocycles. The second-order valence-electron chi connectivity index (χ2n) is 4.18. The summed E-state index contributed by atoms with van der Waals surface area (Å²) in [6.45, 7) is -0.225. The summed E-state index contributed by atoms with van der Waals surface area (Å²) >= 11 is 0. The van der Waals surface area contributed by atoms with Crippen LogP contribution in [0.2, 0.25) is 0 Å². The highest BCUT2D eigenvalue weighted by atomic mass is 19.1. The van der Waals surface area contributed by atoms with Gasteiger partial charge in [0.2, 0.25) is 0 Å². The monoisotopic (exact) mass is 254 g/mol. The highest BCUT2D eigenvalue weighted by molar-refractivity contribution is 5.68. The van der Waals surface area contributed by atoms with Gasteiger partial charge in [0, 0.05) is 6.42 Å². The van der Waals surface area contributed by atoms with Crippen LogP contribution in [-0.2, 0) is 4.74 Å². The Morgan fingerprint density at radius 2 is 2.44 bits per heavy atom. The number of nitrogens with zero attached hydrogens (tertiary/aromatic N) is 4. The third-order valence-electron chi connectivity index (χ3n) is 2.95. The van der Waals surface area contributed by atoms with Crippen molar-refractivity contribution < 1.29 is 19.0 Å². The van der Waals surface area contributed by atoms with Crippen LogP contribution >= 0.6 is 0 Å². The zero-order valence-corrected chi connectivity index (χ0v) is 9.31. The molecule has 7 nitrogen and oxygen atoms in total. The molecule has 0 spiro atoms. The molecule has 0 radical (unpaired) electrons. The smallest absolute Gasteiger partial charge is 0.291 e. The molecule has 0 saturated carbocycles. The minimum atomic E-state index is -1.24. The van der Waals surface area contributed by atoms with Crippen molar-refractivity contribution >= 4 is 11.2 Å². The maximum atomic E-state index is 13.8. The third-order valence-corrected chi connectivity index (χ3v) is 2.95. The second-order valence-corrected chi connectivity index (χ2v) is 4.18. The van der Waals surface area contributed by atoms with Crippen LogP contribution in [0.4, 0.5) is 4.39 Å². The molecule has 0 aliphatic carbocycles. The van der Waals surface area contributed by atoms with E-state index in [4.69, 9.17) is 9.84 Å². The van der Waals surface area contributed by atoms with Crippen LogP contribution in [0.25, 0.3) is 11.2 Å². The summed E-state index contributed by atoms with van der Waals surface area (Å²) in [6, 6.07) is 0. The molecule has 1 N–H and O–H groups in total. The van der Waals surface area contributed by atoms with E-state index in [1.807, 2.05) is 0 Å². The lowest BCUT2D eigenvalue weighted by atomic mass is 10.2. The van der Waals surface area contributed by atoms with E-state index in [1.165, 1.54) is 17.1 Å². The van der Waals surface area contributed by atoms with E-state index in [0.29, 0.717) is 15.9 Å². The second kappa shape index (κ2) is 4.14. The van der Waals surface area contributed by atoms with Crippen molar-refractivity contribution in [2.45, 2.75) is 24.9 Å². The van der Waals surface area contributed by atoms with Crippen molar-refractivity contribution in [1.82, 2.24) is 14.5 Å². The Hall–Kier alpha value is -1.80. The maximum Gasteiger partial charge on any atom is 0.291 e. The van der Waals surface area contributed by atoms with Gasteiger partial charge in [-0.15, -0.1) is 0 Å². The van der Waals surface area contributed by atoms with Gasteiger partial charge < -0.3 is 15.1 Å². The van der Waals surface area contributed by atoms with Crippen LogP contribution in [-0.4, -0.2) is 38.5 Å². The number of rotatable bonds is 2. The number of alkyl halides is 1. The summed E-state index contributed by atoms with van der Waals surface area (Å²) in [6.07, 6.45) is 1.24. The number of ether oxygens (including phenoxy) is 1. The fraction of sp³-hybridized carbons (Fsp3) is 0.500. The minimum Gasteiger partial charge on any atom is -0.711 e. The van der Waals surface area contributed by atoms with E-state index < -0.39 is 18.5 Å². The van der Waals surface area contributed by atoms with Crippen LogP contribution in [0, 0.1) is 5.21 Å². The number of hydrogen-bond acceptors (Lipinski definition) is 5. The molecule has 1 aliphatic heterocycles. The number of fused-ring (bicyclic) bond motifs is 1. The van der Waals surface area contributed by atoms with E-state index in [0.717, 1.165) is 6.33 Å². The average Bonchev–Trinajstić information content (AvgIpc) is 2.91. The lowest BCUT2D eigenvalue weighted by Gasteiger charge is -2.13. The van der Waals surface area contributed by atoms with Gasteiger partial charge in [-0.05, 0) is 4.98 Å². The zero-order valence-electron chi connectivity index (χ0n) is 9.31. The van der Waals surface area contributed by atoms with Crippen LogP contribution in [0.5, 0.6) is 0 Å². The first-order chi connectivity index (χ1) is 8.69. The van der Waals surface area contributed by atoms with Gasteiger partial charge in [0.25, 0.3) is 12.0 Å². The quantitative estimate of drug-likeness (QED) is 0.586. The molecule has 96 valence electrons. The normalized spacial score (nSPS) is 28.0. The van der Waals surface area contributed by atoms with Gasteiger partial charge in [-0.25, -0.2) is 14.1 Å². The first kappa shape index (κ1) is 11.3. The summed E-state index contributed by atoms with van der Waals surface area (Å²) in [5, 5.41) is 20.0. The molecule has 18 heavy (non-hydrogen) atoms. The van der Waals surface area contributed by atoms with Gasteiger partial charge in [-0.3, -0.25) is 4.57 Å². The average molecular weight is 254 g/mol. The topological polar surface area (TPSA) is 87.1 Å². The van der Waals surface area contributed by atoms with E-state index in [-0.39, 0.29) is 13.0 Å². The Morgan fingerprint density at radius 3 is 3.17 bits per heavy atom. The molecule has 0 amide bonds. The molecule has 0 bridgehead atoms. The molecule has 2 aromatic heterocycles. The van der Waals surface area contributed by atoms with Gasteiger partial charge in [0.05, 0.1) is 12.7 Å². The zero-order chi connectivity index (χ0) is 12.7. The minimum absolute atomic E-state index is 0.134. The van der Waals surface area contributed by atoms with E-state index >= 15 is 0 Å². The van der Waals surface area contributed by atoms with Crippen LogP contribution in [0.1, 0.15) is 12.6 Å². The Balaban J connectivity index is 1.99. The standard InChI is InChI=1S/C10H11FN4O3/c11-7-1-6(3-16)18-10(7)15-5-12-8-2-14(17)4-13-9(8)15/h2,4-7,10,16H,1,3H2. The van der Waals surface area contributed by atoms with E-state index in [1.54, 1.807) is 0 Å². The van der Waals surface area contributed by atoms with Gasteiger partial charge in [0.1, 0.15) is 18.7 Å². The Morgan fingerprint density at radius 1 is 1.61 bits per heavy atom. The summed E-state index contributed by atoms with van der Waals surface area (Å²) in [5.41, 5.74) is 0.754. The highest BCUT2D eigenvalue weighted by Crippen LogP contribution is 2.32. The van der Waals surface area contributed by atoms with Crippen molar-refractivity contribution in [2.75, 3.05) is 6.61 Å². The molecule has 1 fully saturated rings. The summed E-state index contributed by atoms with van der Waals surface area (Å²) in [4.78, 5) is 7.89. The number of hydrogen-bond donors (Lipinski definition) is 1. The van der Waals surface area contributed by atoms with Gasteiger partial charge in [-0.2, -0.15) is 0 Å². The van der Waals surface area contributed by atoms with Crippen molar-refractivity contribution in [1.29, 1.82) is 0 Å². The molecule has 3 atom stereocenters. The van der Waals surface area contributed by atoms with E-state index in [2.05, 4.69) is 9.97 Å². The fourth-order valence-corrected chi connectivity index (χ4v) is 2.11. The number of halogens is 1. The van der Waals surface area contributed by atoms with Gasteiger partial charge >= 0.3 is 0 Å². The maximum absolute atomic E-state index is 13.8. The lowest BCUT2D eigenvalue weighted by Crippen LogP contribution is -2.25. The lowest BCUT2D eigenvalue weighted by molar-refractivity contribution is -0.607. The molecule has 0 aromatic carbocycles. The summed E-state index contributed by atoms with van der Waals surface area (Å²) < 4.78 is 21.2. The first-order valence-corrected chi connectivity index (χ1v) is 5.51. The van der Waals surface area contributed by atoms with Gasteiger partial charge in [-0.1, -0.05) is 0 Å². The highest BCUT2D eigenvalue weighted by Gasteiger charge is 2.37. The number of aliphatic hydroxyl groups excluding tert-OH is 1. The van der Waals surface area contributed by atoms with Crippen molar-refractivity contribution in [3.63, 3.8) is 0 Å². The predicted octanol–water partition coefficient (Wildman–Crippen LogP) is -0.317. The number of imidazole rings is 1. The molecule has 2 aromatic rings. The van der Waals surface area contributed by atoms with Crippen LogP contribution < -0.4 is 4.73 Å². The van der Waals surface area contributed by atoms with Crippen LogP contribution in [0.3, 0.4) is 0 Å². The molecule has 8 heteroatoms. The van der Waals surface area contributed by atoms with Crippen molar-refractivity contribution in [2.24, 2.45) is 0 Å². The Labute approximate surface area is 101 Å². The molecule has 3 rings (SSSR count).